The molecule has 1 aromatic rings. The fraction of sp³-hybridized carbons (Fsp3) is 0.417. The lowest BCUT2D eigenvalue weighted by atomic mass is 10.2. The molecule has 1 aliphatic rings. The first-order valence-electron chi connectivity index (χ1n) is 5.98. The van der Waals surface area contributed by atoms with E-state index in [4.69, 9.17) is 9.84 Å². The Hall–Kier alpha value is -0.710. The minimum atomic E-state index is -3.59. The molecule has 8 heteroatoms. The van der Waals surface area contributed by atoms with E-state index < -0.39 is 22.1 Å². The van der Waals surface area contributed by atoms with Crippen LogP contribution in [0.25, 0.3) is 0 Å². The molecule has 0 aromatic heterocycles. The van der Waals surface area contributed by atoms with Gasteiger partial charge in [0.2, 0.25) is 10.0 Å². The van der Waals surface area contributed by atoms with Crippen LogP contribution in [0.4, 0.5) is 0 Å². The fourth-order valence-corrected chi connectivity index (χ4v) is 3.80. The van der Waals surface area contributed by atoms with Crippen LogP contribution in [0, 0.1) is 3.57 Å². The summed E-state index contributed by atoms with van der Waals surface area (Å²) in [4.78, 5) is 10.9. The number of sulfonamides is 1. The van der Waals surface area contributed by atoms with Gasteiger partial charge < -0.3 is 9.84 Å². The predicted octanol–water partition coefficient (Wildman–Crippen LogP) is 1.16. The topological polar surface area (TPSA) is 83.9 Å². The van der Waals surface area contributed by atoms with Crippen LogP contribution in [-0.4, -0.2) is 49.6 Å². The number of carbonyl (C=O) groups is 1. The summed E-state index contributed by atoms with van der Waals surface area (Å²) < 4.78 is 32.4. The molecule has 1 fully saturated rings. The molecule has 2 rings (SSSR count). The van der Waals surface area contributed by atoms with Crippen molar-refractivity contribution in [2.45, 2.75) is 17.4 Å². The number of hydrogen-bond acceptors (Lipinski definition) is 4. The number of nitrogens with zero attached hydrogens (tertiary/aromatic N) is 1. The molecule has 1 atom stereocenters. The predicted molar refractivity (Wildman–Crippen MR) is 79.9 cm³/mol. The van der Waals surface area contributed by atoms with Gasteiger partial charge in [-0.05, 0) is 46.9 Å². The Morgan fingerprint density at radius 2 is 2.05 bits per heavy atom. The Bertz CT molecular complexity index is 586. The van der Waals surface area contributed by atoms with Crippen molar-refractivity contribution in [3.05, 3.63) is 27.8 Å². The molecule has 1 N–H and O–H groups in total. The van der Waals surface area contributed by atoms with Crippen LogP contribution in [0.5, 0.6) is 0 Å². The van der Waals surface area contributed by atoms with E-state index >= 15 is 0 Å². The first kappa shape index (κ1) is 15.7. The highest BCUT2D eigenvalue weighted by Gasteiger charge is 2.31. The highest BCUT2D eigenvalue weighted by Crippen LogP contribution is 2.20. The molecule has 1 heterocycles. The highest BCUT2D eigenvalue weighted by atomic mass is 127. The Labute approximate surface area is 130 Å². The zero-order valence-corrected chi connectivity index (χ0v) is 13.5. The second-order valence-electron chi connectivity index (χ2n) is 4.41. The third-order valence-electron chi connectivity index (χ3n) is 2.96. The lowest BCUT2D eigenvalue weighted by molar-refractivity contribution is -0.141. The van der Waals surface area contributed by atoms with E-state index in [9.17, 15) is 13.2 Å². The van der Waals surface area contributed by atoms with E-state index in [2.05, 4.69) is 22.6 Å². The number of carboxylic acid groups (broad SMARTS) is 1. The van der Waals surface area contributed by atoms with Crippen LogP contribution in [-0.2, 0) is 19.6 Å². The molecular formula is C12H14INO5S. The maximum absolute atomic E-state index is 12.5. The van der Waals surface area contributed by atoms with Crippen LogP contribution in [0.3, 0.4) is 0 Å². The van der Waals surface area contributed by atoms with Gasteiger partial charge in [-0.3, -0.25) is 4.79 Å². The van der Waals surface area contributed by atoms with Crippen molar-refractivity contribution in [1.82, 2.24) is 4.31 Å². The first-order valence-corrected chi connectivity index (χ1v) is 8.50. The summed E-state index contributed by atoms with van der Waals surface area (Å²) in [5.41, 5.74) is 0. The molecule has 0 saturated carbocycles. The van der Waals surface area contributed by atoms with Gasteiger partial charge in [-0.25, -0.2) is 8.42 Å². The number of aliphatic carboxylic acids is 1. The van der Waals surface area contributed by atoms with E-state index in [1.165, 1.54) is 4.31 Å². The van der Waals surface area contributed by atoms with E-state index in [0.29, 0.717) is 0 Å². The summed E-state index contributed by atoms with van der Waals surface area (Å²) in [6, 6.07) is 6.56. The van der Waals surface area contributed by atoms with Crippen LogP contribution >= 0.6 is 22.6 Å². The molecule has 1 saturated heterocycles. The Morgan fingerprint density at radius 1 is 1.40 bits per heavy atom. The number of halogens is 1. The quantitative estimate of drug-likeness (QED) is 0.752. The van der Waals surface area contributed by atoms with Crippen LogP contribution in [0.2, 0.25) is 0 Å². The molecule has 110 valence electrons. The summed E-state index contributed by atoms with van der Waals surface area (Å²) in [5, 5.41) is 8.75. The lowest BCUT2D eigenvalue weighted by Crippen LogP contribution is -2.46. The summed E-state index contributed by atoms with van der Waals surface area (Å²) in [5.74, 6) is -0.997. The monoisotopic (exact) mass is 411 g/mol. The molecule has 0 spiro atoms. The molecule has 6 nitrogen and oxygen atoms in total. The maximum Gasteiger partial charge on any atom is 0.306 e. The van der Waals surface area contributed by atoms with Crippen molar-refractivity contribution in [3.8, 4) is 0 Å². The molecule has 0 bridgehead atoms. The van der Waals surface area contributed by atoms with Gasteiger partial charge in [0.1, 0.15) is 0 Å². The zero-order chi connectivity index (χ0) is 14.8. The zero-order valence-electron chi connectivity index (χ0n) is 10.5. The molecule has 1 aliphatic heterocycles. The van der Waals surface area contributed by atoms with Crippen molar-refractivity contribution in [2.24, 2.45) is 0 Å². The number of carboxylic acids is 1. The third kappa shape index (κ3) is 3.68. The van der Waals surface area contributed by atoms with Gasteiger partial charge >= 0.3 is 5.97 Å². The molecule has 1 aromatic carbocycles. The Balaban J connectivity index is 2.16. The maximum atomic E-state index is 12.5. The summed E-state index contributed by atoms with van der Waals surface area (Å²) in [6.45, 7) is 0.520. The average Bonchev–Trinajstić information content (AvgIpc) is 2.39. The first-order chi connectivity index (χ1) is 9.39. The van der Waals surface area contributed by atoms with E-state index in [-0.39, 0.29) is 31.0 Å². The Kier molecular flexibility index (Phi) is 4.99. The number of rotatable bonds is 4. The van der Waals surface area contributed by atoms with Gasteiger partial charge in [0.25, 0.3) is 0 Å². The van der Waals surface area contributed by atoms with E-state index in [0.717, 1.165) is 3.57 Å². The fourth-order valence-electron chi connectivity index (χ4n) is 1.98. The second kappa shape index (κ2) is 6.37. The minimum Gasteiger partial charge on any atom is -0.481 e. The second-order valence-corrected chi connectivity index (χ2v) is 7.59. The smallest absolute Gasteiger partial charge is 0.306 e. The summed E-state index contributed by atoms with van der Waals surface area (Å²) in [7, 11) is -3.59. The third-order valence-corrected chi connectivity index (χ3v) is 5.55. The van der Waals surface area contributed by atoms with Gasteiger partial charge in [-0.15, -0.1) is 0 Å². The number of benzene rings is 1. The largest absolute Gasteiger partial charge is 0.481 e. The Morgan fingerprint density at radius 3 is 2.65 bits per heavy atom. The van der Waals surface area contributed by atoms with Crippen molar-refractivity contribution < 1.29 is 23.1 Å². The average molecular weight is 411 g/mol. The molecule has 0 amide bonds. The van der Waals surface area contributed by atoms with Gasteiger partial charge in [0, 0.05) is 16.7 Å². The molecule has 20 heavy (non-hydrogen) atoms. The normalized spacial score (nSPS) is 20.8. The number of ether oxygens (including phenoxy) is 1. The lowest BCUT2D eigenvalue weighted by Gasteiger charge is -2.31. The minimum absolute atomic E-state index is 0.0701. The van der Waals surface area contributed by atoms with Crippen molar-refractivity contribution in [2.75, 3.05) is 19.7 Å². The van der Waals surface area contributed by atoms with Crippen LogP contribution < -0.4 is 0 Å². The summed E-state index contributed by atoms with van der Waals surface area (Å²) in [6.07, 6.45) is -0.793. The molecule has 0 radical (unpaired) electrons. The van der Waals surface area contributed by atoms with Crippen molar-refractivity contribution in [3.63, 3.8) is 0 Å². The van der Waals surface area contributed by atoms with Crippen LogP contribution in [0.1, 0.15) is 6.42 Å². The molecule has 0 aliphatic carbocycles. The van der Waals surface area contributed by atoms with E-state index in [1.54, 1.807) is 24.3 Å². The van der Waals surface area contributed by atoms with Crippen molar-refractivity contribution >= 4 is 38.6 Å². The van der Waals surface area contributed by atoms with Gasteiger partial charge in [0.05, 0.1) is 24.0 Å². The van der Waals surface area contributed by atoms with Gasteiger partial charge in [0.15, 0.2) is 0 Å². The van der Waals surface area contributed by atoms with Gasteiger partial charge in [-0.1, -0.05) is 0 Å². The SMILES string of the molecule is O=C(O)CC1CN(S(=O)(=O)c2ccc(I)cc2)CCO1. The highest BCUT2D eigenvalue weighted by molar-refractivity contribution is 14.1. The number of hydrogen-bond donors (Lipinski definition) is 1. The van der Waals surface area contributed by atoms with E-state index in [1.807, 2.05) is 0 Å². The molecular weight excluding hydrogens is 397 g/mol. The van der Waals surface area contributed by atoms with Gasteiger partial charge in [-0.2, -0.15) is 4.31 Å². The van der Waals surface area contributed by atoms with Crippen molar-refractivity contribution in [1.29, 1.82) is 0 Å². The molecule has 1 unspecified atom stereocenters. The standard InChI is InChI=1S/C12H14INO5S/c13-9-1-3-11(4-2-9)20(17,18)14-5-6-19-10(8-14)7-12(15)16/h1-4,10H,5-8H2,(H,15,16). The summed E-state index contributed by atoms with van der Waals surface area (Å²) >= 11 is 2.10. The van der Waals surface area contributed by atoms with Crippen LogP contribution in [0.15, 0.2) is 29.2 Å². The number of morpholine rings is 1.